The summed E-state index contributed by atoms with van der Waals surface area (Å²) in [7, 11) is 0. The minimum Gasteiger partial charge on any atom is -0.492 e. The highest BCUT2D eigenvalue weighted by Gasteiger charge is 2.52. The maximum Gasteiger partial charge on any atom is 0.358 e. The van der Waals surface area contributed by atoms with Gasteiger partial charge in [-0.3, -0.25) is 4.98 Å². The lowest BCUT2D eigenvalue weighted by Gasteiger charge is -2.57. The number of hydrogen-bond donors (Lipinski definition) is 1. The lowest BCUT2D eigenvalue weighted by atomic mass is 9.48. The first-order valence-electron chi connectivity index (χ1n) is 14.4. The van der Waals surface area contributed by atoms with Gasteiger partial charge >= 0.3 is 5.97 Å². The van der Waals surface area contributed by atoms with E-state index >= 15 is 0 Å². The zero-order chi connectivity index (χ0) is 28.1. The lowest BCUT2D eigenvalue weighted by Crippen LogP contribution is -2.48. The van der Waals surface area contributed by atoms with Crippen LogP contribution >= 0.6 is 23.2 Å². The number of nitrogens with zero attached hydrogens (tertiary/aromatic N) is 3. The van der Waals surface area contributed by atoms with Crippen LogP contribution in [0.25, 0.3) is 17.3 Å². The Hall–Kier alpha value is -3.10. The van der Waals surface area contributed by atoms with E-state index in [-0.39, 0.29) is 11.8 Å². The van der Waals surface area contributed by atoms with Gasteiger partial charge in [-0.15, -0.1) is 0 Å². The Morgan fingerprint density at radius 2 is 1.85 bits per heavy atom. The Labute approximate surface area is 248 Å². The average Bonchev–Trinajstić information content (AvgIpc) is 3.64. The van der Waals surface area contributed by atoms with Crippen LogP contribution in [0.2, 0.25) is 10.0 Å². The predicted molar refractivity (Wildman–Crippen MR) is 154 cm³/mol. The number of halogens is 2. The van der Waals surface area contributed by atoms with Gasteiger partial charge < -0.3 is 19.1 Å². The summed E-state index contributed by atoms with van der Waals surface area (Å²) in [5.41, 5.74) is 2.66. The molecule has 1 N–H and O–H groups in total. The van der Waals surface area contributed by atoms with E-state index in [0.29, 0.717) is 62.6 Å². The Morgan fingerprint density at radius 1 is 1.10 bits per heavy atom. The summed E-state index contributed by atoms with van der Waals surface area (Å²) in [4.78, 5) is 19.7. The van der Waals surface area contributed by atoms with E-state index in [2.05, 4.69) is 27.3 Å². The van der Waals surface area contributed by atoms with E-state index in [4.69, 9.17) is 37.2 Å². The average molecular weight is 597 g/mol. The highest BCUT2D eigenvalue weighted by molar-refractivity contribution is 6.39. The summed E-state index contributed by atoms with van der Waals surface area (Å²) in [6.45, 7) is 0.599. The fourth-order valence-corrected chi connectivity index (χ4v) is 7.15. The quantitative estimate of drug-likeness (QED) is 0.252. The summed E-state index contributed by atoms with van der Waals surface area (Å²) in [6.07, 6.45) is 19.0. The van der Waals surface area contributed by atoms with Gasteiger partial charge in [-0.1, -0.05) is 40.5 Å². The van der Waals surface area contributed by atoms with Gasteiger partial charge in [0.05, 0.1) is 29.0 Å². The van der Waals surface area contributed by atoms with Crippen LogP contribution in [0.1, 0.15) is 85.5 Å². The molecule has 3 aromatic rings. The zero-order valence-electron chi connectivity index (χ0n) is 22.5. The van der Waals surface area contributed by atoms with Crippen molar-refractivity contribution in [3.05, 3.63) is 57.8 Å². The van der Waals surface area contributed by atoms with E-state index in [1.165, 1.54) is 6.20 Å². The number of ether oxygens (including phenoxy) is 2. The van der Waals surface area contributed by atoms with Crippen molar-refractivity contribution < 1.29 is 23.9 Å². The molecule has 0 atom stereocenters. The molecule has 4 aliphatic rings. The molecule has 4 saturated carbocycles. The normalized spacial score (nSPS) is 25.5. The van der Waals surface area contributed by atoms with Gasteiger partial charge in [0.25, 0.3) is 0 Å². The van der Waals surface area contributed by atoms with Gasteiger partial charge in [-0.05, 0) is 75.0 Å². The molecule has 1 spiro atoms. The van der Waals surface area contributed by atoms with E-state index in [0.717, 1.165) is 69.1 Å². The number of hydrogen-bond acceptors (Lipinski definition) is 7. The van der Waals surface area contributed by atoms with E-state index < -0.39 is 5.97 Å². The first-order chi connectivity index (χ1) is 19.9. The number of carbonyl (C=O) groups is 1. The molecule has 4 fully saturated rings. The summed E-state index contributed by atoms with van der Waals surface area (Å²) in [6, 6.07) is 1.68. The fourth-order valence-electron chi connectivity index (χ4n) is 6.60. The van der Waals surface area contributed by atoms with Gasteiger partial charge in [-0.2, -0.15) is 0 Å². The number of allylic oxidation sites excluding steroid dienone is 1. The van der Waals surface area contributed by atoms with Gasteiger partial charge in [0.2, 0.25) is 0 Å². The van der Waals surface area contributed by atoms with Crippen molar-refractivity contribution in [3.63, 3.8) is 0 Å². The molecule has 3 heterocycles. The first-order valence-corrected chi connectivity index (χ1v) is 15.1. The Balaban J connectivity index is 0.947. The third-order valence-corrected chi connectivity index (χ3v) is 9.60. The molecule has 0 amide bonds. The molecule has 0 bridgehead atoms. The largest absolute Gasteiger partial charge is 0.492 e. The summed E-state index contributed by atoms with van der Waals surface area (Å²) in [5.74, 6) is 2.09. The third kappa shape index (κ3) is 5.32. The minimum atomic E-state index is -1.09. The van der Waals surface area contributed by atoms with Gasteiger partial charge in [-0.25, -0.2) is 9.78 Å². The molecule has 0 aliphatic heterocycles. The monoisotopic (exact) mass is 595 g/mol. The maximum absolute atomic E-state index is 11.5. The predicted octanol–water partition coefficient (Wildman–Crippen LogP) is 7.84. The molecular weight excluding hydrogens is 565 g/mol. The van der Waals surface area contributed by atoms with Crippen molar-refractivity contribution in [1.82, 2.24) is 15.1 Å². The van der Waals surface area contributed by atoms with Crippen molar-refractivity contribution in [2.24, 2.45) is 17.3 Å². The number of pyridine rings is 2. The number of carboxylic acids is 1. The van der Waals surface area contributed by atoms with Crippen LogP contribution in [0, 0.1) is 17.3 Å². The van der Waals surface area contributed by atoms with Crippen molar-refractivity contribution in [2.45, 2.75) is 69.8 Å². The highest BCUT2D eigenvalue weighted by atomic mass is 35.5. The molecule has 3 aromatic heterocycles. The van der Waals surface area contributed by atoms with Crippen molar-refractivity contribution in [2.75, 3.05) is 6.61 Å². The third-order valence-electron chi connectivity index (χ3n) is 9.02. The van der Waals surface area contributed by atoms with Crippen molar-refractivity contribution in [3.8, 4) is 22.8 Å². The topological polar surface area (TPSA) is 108 Å². The molecule has 4 aliphatic carbocycles. The molecule has 8 nitrogen and oxygen atoms in total. The second kappa shape index (κ2) is 10.6. The van der Waals surface area contributed by atoms with Crippen LogP contribution < -0.4 is 9.47 Å². The molecule has 214 valence electrons. The van der Waals surface area contributed by atoms with E-state index in [1.807, 2.05) is 0 Å². The second-order valence-corrected chi connectivity index (χ2v) is 13.0. The van der Waals surface area contributed by atoms with Crippen LogP contribution in [0.15, 0.2) is 35.3 Å². The maximum atomic E-state index is 11.5. The van der Waals surface area contributed by atoms with E-state index in [9.17, 15) is 9.90 Å². The second-order valence-electron chi connectivity index (χ2n) is 12.2. The molecule has 10 heteroatoms. The Morgan fingerprint density at radius 3 is 2.51 bits per heavy atom. The summed E-state index contributed by atoms with van der Waals surface area (Å²) in [5, 5.41) is 14.7. The standard InChI is InChI=1S/C31H31Cl2N3O5/c32-23-14-34-15-24(33)26(23)27-22(29(41-36-27)19-5-6-19)7-4-17-9-31(10-17)11-18(12-31)16-39-21-8-25(40-20-2-1-3-20)28(30(37)38)35-13-21/h4,7-8,13-15,17-20H,1-3,5-6,9-12,16H2,(H,37,38)/b7-4+. The molecule has 0 unspecified atom stereocenters. The van der Waals surface area contributed by atoms with Crippen LogP contribution in [-0.4, -0.2) is 38.9 Å². The van der Waals surface area contributed by atoms with Gasteiger partial charge in [0, 0.05) is 35.5 Å². The van der Waals surface area contributed by atoms with E-state index in [1.54, 1.807) is 18.5 Å². The van der Waals surface area contributed by atoms with Crippen LogP contribution in [0.4, 0.5) is 0 Å². The zero-order valence-corrected chi connectivity index (χ0v) is 24.0. The van der Waals surface area contributed by atoms with Crippen molar-refractivity contribution >= 4 is 35.2 Å². The molecular formula is C31H31Cl2N3O5. The van der Waals surface area contributed by atoms with Gasteiger partial charge in [0.1, 0.15) is 17.2 Å². The smallest absolute Gasteiger partial charge is 0.358 e. The Bertz CT molecular complexity index is 1480. The fraction of sp³-hybridized carbons (Fsp3) is 0.484. The number of aromatic carboxylic acids is 1. The highest BCUT2D eigenvalue weighted by Crippen LogP contribution is 2.61. The molecule has 7 rings (SSSR count). The number of rotatable bonds is 10. The van der Waals surface area contributed by atoms with Crippen LogP contribution in [0.3, 0.4) is 0 Å². The molecule has 0 radical (unpaired) electrons. The van der Waals surface area contributed by atoms with Crippen molar-refractivity contribution in [1.29, 1.82) is 0 Å². The summed E-state index contributed by atoms with van der Waals surface area (Å²) < 4.78 is 17.7. The number of aromatic nitrogens is 3. The summed E-state index contributed by atoms with van der Waals surface area (Å²) >= 11 is 12.9. The molecule has 41 heavy (non-hydrogen) atoms. The minimum absolute atomic E-state index is 0.0602. The SMILES string of the molecule is O=C(O)c1ncc(OCC2CC3(CC(/C=C/c4c(-c5c(Cl)cncc5Cl)noc4C4CC4)C3)C2)cc1OC1CCC1. The first kappa shape index (κ1) is 26.8. The lowest BCUT2D eigenvalue weighted by molar-refractivity contribution is -0.0658. The molecule has 0 saturated heterocycles. The van der Waals surface area contributed by atoms with Crippen LogP contribution in [0.5, 0.6) is 11.5 Å². The van der Waals surface area contributed by atoms with Crippen LogP contribution in [-0.2, 0) is 0 Å². The molecule has 0 aromatic carbocycles. The number of carboxylic acid groups (broad SMARTS) is 1. The van der Waals surface area contributed by atoms with Gasteiger partial charge in [0.15, 0.2) is 11.4 Å². The Kier molecular flexibility index (Phi) is 6.94.